The molecule has 3 nitrogen and oxygen atoms in total. The number of esters is 2. The molecule has 0 unspecified atom stereocenters. The summed E-state index contributed by atoms with van der Waals surface area (Å²) in [6.45, 7) is 7.59. The van der Waals surface area contributed by atoms with E-state index in [-0.39, 0.29) is 5.41 Å². The van der Waals surface area contributed by atoms with Crippen molar-refractivity contribution in [1.29, 1.82) is 0 Å². The number of carbonyl (C=O) groups is 2. The Hall–Kier alpha value is -0.860. The molecular formula is C10H16O3. The van der Waals surface area contributed by atoms with Gasteiger partial charge in [0.05, 0.1) is 11.8 Å². The van der Waals surface area contributed by atoms with Gasteiger partial charge in [0.15, 0.2) is 0 Å². The molecular weight excluding hydrogens is 168 g/mol. The zero-order chi connectivity index (χ0) is 10.3. The molecule has 0 aromatic carbocycles. The fourth-order valence-electron chi connectivity index (χ4n) is 2.00. The van der Waals surface area contributed by atoms with Crippen molar-refractivity contribution in [3.63, 3.8) is 0 Å². The van der Waals surface area contributed by atoms with Crippen LogP contribution in [0.5, 0.6) is 0 Å². The Kier molecular flexibility index (Phi) is 2.22. The molecule has 0 bridgehead atoms. The Bertz CT molecular complexity index is 251. The second-order valence-corrected chi connectivity index (χ2v) is 5.16. The third-order valence-corrected chi connectivity index (χ3v) is 2.30. The molecule has 0 spiro atoms. The van der Waals surface area contributed by atoms with Crippen LogP contribution in [-0.2, 0) is 14.3 Å². The minimum Gasteiger partial charge on any atom is -0.393 e. The molecule has 0 N–H and O–H groups in total. The van der Waals surface area contributed by atoms with E-state index in [2.05, 4.69) is 4.74 Å². The predicted molar refractivity (Wildman–Crippen MR) is 47.9 cm³/mol. The second-order valence-electron chi connectivity index (χ2n) is 5.16. The van der Waals surface area contributed by atoms with E-state index >= 15 is 0 Å². The molecule has 0 aliphatic carbocycles. The van der Waals surface area contributed by atoms with Crippen LogP contribution in [0.4, 0.5) is 0 Å². The van der Waals surface area contributed by atoms with E-state index in [1.54, 1.807) is 0 Å². The summed E-state index contributed by atoms with van der Waals surface area (Å²) in [6.07, 6.45) is 1.01. The maximum atomic E-state index is 11.4. The summed E-state index contributed by atoms with van der Waals surface area (Å²) in [6, 6.07) is 0. The van der Waals surface area contributed by atoms with Gasteiger partial charge in [0.1, 0.15) is 0 Å². The number of rotatable bonds is 0. The van der Waals surface area contributed by atoms with Crippen molar-refractivity contribution in [2.45, 2.75) is 40.5 Å². The first-order chi connectivity index (χ1) is 5.73. The molecule has 0 atom stereocenters. The Labute approximate surface area is 78.5 Å². The minimum atomic E-state index is -0.546. The van der Waals surface area contributed by atoms with Crippen LogP contribution in [0.3, 0.4) is 0 Å². The van der Waals surface area contributed by atoms with E-state index < -0.39 is 17.4 Å². The maximum Gasteiger partial charge on any atom is 0.319 e. The fourth-order valence-corrected chi connectivity index (χ4v) is 2.00. The summed E-state index contributed by atoms with van der Waals surface area (Å²) in [5, 5.41) is 0. The van der Waals surface area contributed by atoms with Gasteiger partial charge >= 0.3 is 11.9 Å². The first-order valence-corrected chi connectivity index (χ1v) is 4.48. The summed E-state index contributed by atoms with van der Waals surface area (Å²) in [7, 11) is 0. The standard InChI is InChI=1S/C10H16O3/c1-9(2)5-7(11)13-8(12)10(3,4)6-9/h5-6H2,1-4H3. The second kappa shape index (κ2) is 2.82. The molecule has 1 aliphatic heterocycles. The van der Waals surface area contributed by atoms with Crippen LogP contribution in [0.25, 0.3) is 0 Å². The largest absolute Gasteiger partial charge is 0.393 e. The van der Waals surface area contributed by atoms with E-state index in [0.29, 0.717) is 12.8 Å². The molecule has 0 amide bonds. The molecule has 0 aromatic heterocycles. The van der Waals surface area contributed by atoms with Gasteiger partial charge in [0, 0.05) is 0 Å². The van der Waals surface area contributed by atoms with Crippen molar-refractivity contribution in [3.05, 3.63) is 0 Å². The van der Waals surface area contributed by atoms with Gasteiger partial charge in [-0.25, -0.2) is 0 Å². The van der Waals surface area contributed by atoms with Gasteiger partial charge in [-0.3, -0.25) is 9.59 Å². The first kappa shape index (κ1) is 10.2. The van der Waals surface area contributed by atoms with Gasteiger partial charge in [0.2, 0.25) is 0 Å². The lowest BCUT2D eigenvalue weighted by Gasteiger charge is -2.27. The zero-order valence-corrected chi connectivity index (χ0v) is 8.64. The van der Waals surface area contributed by atoms with E-state index in [1.807, 2.05) is 27.7 Å². The smallest absolute Gasteiger partial charge is 0.319 e. The summed E-state index contributed by atoms with van der Waals surface area (Å²) in [5.74, 6) is -0.802. The third-order valence-electron chi connectivity index (χ3n) is 2.30. The zero-order valence-electron chi connectivity index (χ0n) is 8.64. The van der Waals surface area contributed by atoms with Gasteiger partial charge in [0.25, 0.3) is 0 Å². The van der Waals surface area contributed by atoms with Crippen molar-refractivity contribution in [1.82, 2.24) is 0 Å². The lowest BCUT2D eigenvalue weighted by molar-refractivity contribution is -0.164. The average molecular weight is 184 g/mol. The molecule has 0 aromatic rings. The summed E-state index contributed by atoms with van der Waals surface area (Å²) >= 11 is 0. The van der Waals surface area contributed by atoms with Crippen LogP contribution in [0.1, 0.15) is 40.5 Å². The van der Waals surface area contributed by atoms with Crippen molar-refractivity contribution in [3.8, 4) is 0 Å². The molecule has 1 rings (SSSR count). The van der Waals surface area contributed by atoms with Gasteiger partial charge in [-0.1, -0.05) is 13.8 Å². The minimum absolute atomic E-state index is 0.146. The lowest BCUT2D eigenvalue weighted by atomic mass is 9.74. The van der Waals surface area contributed by atoms with Crippen LogP contribution < -0.4 is 0 Å². The Balaban J connectivity index is 2.95. The Morgan fingerprint density at radius 1 is 1.15 bits per heavy atom. The van der Waals surface area contributed by atoms with Gasteiger partial charge in [-0.15, -0.1) is 0 Å². The third kappa shape index (κ3) is 2.29. The monoisotopic (exact) mass is 184 g/mol. The highest BCUT2D eigenvalue weighted by atomic mass is 16.6. The Morgan fingerprint density at radius 2 is 1.69 bits per heavy atom. The normalized spacial score (nSPS) is 26.5. The molecule has 74 valence electrons. The SMILES string of the molecule is CC1(C)CC(=O)OC(=O)C(C)(C)C1. The molecule has 0 radical (unpaired) electrons. The fraction of sp³-hybridized carbons (Fsp3) is 0.800. The topological polar surface area (TPSA) is 43.4 Å². The molecule has 1 fully saturated rings. The quantitative estimate of drug-likeness (QED) is 0.426. The maximum absolute atomic E-state index is 11.4. The van der Waals surface area contributed by atoms with Crippen LogP contribution in [0.2, 0.25) is 0 Å². The molecule has 13 heavy (non-hydrogen) atoms. The number of ether oxygens (including phenoxy) is 1. The summed E-state index contributed by atoms with van der Waals surface area (Å²) in [5.41, 5.74) is -0.692. The van der Waals surface area contributed by atoms with Crippen LogP contribution >= 0.6 is 0 Å². The number of hydrogen-bond donors (Lipinski definition) is 0. The highest BCUT2D eigenvalue weighted by Gasteiger charge is 2.41. The predicted octanol–water partition coefficient (Wildman–Crippen LogP) is 1.90. The van der Waals surface area contributed by atoms with Crippen LogP contribution in [-0.4, -0.2) is 11.9 Å². The highest BCUT2D eigenvalue weighted by Crippen LogP contribution is 2.39. The van der Waals surface area contributed by atoms with E-state index in [1.165, 1.54) is 0 Å². The summed E-state index contributed by atoms with van der Waals surface area (Å²) in [4.78, 5) is 22.5. The highest BCUT2D eigenvalue weighted by molar-refractivity contribution is 5.89. The van der Waals surface area contributed by atoms with Gasteiger partial charge < -0.3 is 4.74 Å². The number of cyclic esters (lactones) is 2. The van der Waals surface area contributed by atoms with Crippen LogP contribution in [0, 0.1) is 10.8 Å². The van der Waals surface area contributed by atoms with Crippen molar-refractivity contribution in [2.24, 2.45) is 10.8 Å². The molecule has 0 saturated carbocycles. The number of carbonyl (C=O) groups excluding carboxylic acids is 2. The van der Waals surface area contributed by atoms with Crippen molar-refractivity contribution >= 4 is 11.9 Å². The summed E-state index contributed by atoms with van der Waals surface area (Å²) < 4.78 is 4.68. The van der Waals surface area contributed by atoms with E-state index in [4.69, 9.17) is 0 Å². The van der Waals surface area contributed by atoms with E-state index in [9.17, 15) is 9.59 Å². The first-order valence-electron chi connectivity index (χ1n) is 4.48. The van der Waals surface area contributed by atoms with E-state index in [0.717, 1.165) is 0 Å². The molecule has 1 heterocycles. The molecule has 1 saturated heterocycles. The molecule has 1 aliphatic rings. The Morgan fingerprint density at radius 3 is 2.23 bits per heavy atom. The average Bonchev–Trinajstić information content (AvgIpc) is 1.85. The number of hydrogen-bond acceptors (Lipinski definition) is 3. The van der Waals surface area contributed by atoms with Gasteiger partial charge in [-0.2, -0.15) is 0 Å². The van der Waals surface area contributed by atoms with Crippen molar-refractivity contribution < 1.29 is 14.3 Å². The van der Waals surface area contributed by atoms with Crippen molar-refractivity contribution in [2.75, 3.05) is 0 Å². The van der Waals surface area contributed by atoms with Gasteiger partial charge in [-0.05, 0) is 25.7 Å². The van der Waals surface area contributed by atoms with Crippen LogP contribution in [0.15, 0.2) is 0 Å². The lowest BCUT2D eigenvalue weighted by Crippen LogP contribution is -2.28. The molecule has 3 heteroatoms.